The maximum atomic E-state index is 12.5. The molecule has 1 atom stereocenters. The van der Waals surface area contributed by atoms with Crippen LogP contribution in [0.4, 0.5) is 0 Å². The molecule has 1 aromatic rings. The molecule has 0 aliphatic heterocycles. The van der Waals surface area contributed by atoms with Gasteiger partial charge in [-0.1, -0.05) is 26.0 Å². The number of hydrogen-bond acceptors (Lipinski definition) is 4. The van der Waals surface area contributed by atoms with Crippen molar-refractivity contribution in [1.82, 2.24) is 4.72 Å². The molecule has 118 valence electrons. The van der Waals surface area contributed by atoms with Gasteiger partial charge in [0.15, 0.2) is 0 Å². The molecule has 0 spiro atoms. The molecule has 1 N–H and O–H groups in total. The molecule has 0 saturated heterocycles. The molecule has 1 aromatic carbocycles. The van der Waals surface area contributed by atoms with Gasteiger partial charge in [0, 0.05) is 0 Å². The molecule has 1 rings (SSSR count). The van der Waals surface area contributed by atoms with E-state index in [2.05, 4.69) is 9.46 Å². The third kappa shape index (κ3) is 4.82. The van der Waals surface area contributed by atoms with Crippen LogP contribution in [-0.2, 0) is 19.6 Å². The van der Waals surface area contributed by atoms with Crippen molar-refractivity contribution in [2.75, 3.05) is 7.11 Å². The van der Waals surface area contributed by atoms with Gasteiger partial charge in [0.25, 0.3) is 0 Å². The number of methoxy groups -OCH3 is 1. The highest BCUT2D eigenvalue weighted by Crippen LogP contribution is 2.18. The summed E-state index contributed by atoms with van der Waals surface area (Å²) in [7, 11) is -2.51. The topological polar surface area (TPSA) is 72.5 Å². The van der Waals surface area contributed by atoms with Crippen LogP contribution in [0.25, 0.3) is 0 Å². The number of sulfonamides is 1. The Labute approximate surface area is 126 Å². The lowest BCUT2D eigenvalue weighted by Crippen LogP contribution is -2.42. The Morgan fingerprint density at radius 2 is 1.90 bits per heavy atom. The summed E-state index contributed by atoms with van der Waals surface area (Å²) in [5, 5.41) is 0. The van der Waals surface area contributed by atoms with E-state index in [1.807, 2.05) is 26.8 Å². The van der Waals surface area contributed by atoms with E-state index in [9.17, 15) is 13.2 Å². The van der Waals surface area contributed by atoms with Crippen LogP contribution >= 0.6 is 0 Å². The lowest BCUT2D eigenvalue weighted by molar-refractivity contribution is -0.143. The van der Waals surface area contributed by atoms with Gasteiger partial charge in [-0.05, 0) is 43.4 Å². The van der Waals surface area contributed by atoms with Crippen LogP contribution in [-0.4, -0.2) is 27.5 Å². The number of carbonyl (C=O) groups is 1. The van der Waals surface area contributed by atoms with Crippen molar-refractivity contribution in [3.05, 3.63) is 29.3 Å². The predicted molar refractivity (Wildman–Crippen MR) is 81.5 cm³/mol. The third-order valence-corrected chi connectivity index (χ3v) is 4.74. The summed E-state index contributed by atoms with van der Waals surface area (Å²) in [5.41, 5.74) is 1.49. The summed E-state index contributed by atoms with van der Waals surface area (Å²) in [6.45, 7) is 7.39. The minimum Gasteiger partial charge on any atom is -0.468 e. The second kappa shape index (κ2) is 7.04. The molecule has 0 bridgehead atoms. The Balaban J connectivity index is 3.11. The van der Waals surface area contributed by atoms with Crippen molar-refractivity contribution >= 4 is 16.0 Å². The standard InChI is InChI=1S/C15H23NO4S/c1-10(2)8-13(15(17)20-5)16-21(18,19)14-9-11(3)6-7-12(14)4/h6-7,9-10,13,16H,8H2,1-5H3/t13-/m0/s1. The number of benzene rings is 1. The molecule has 0 saturated carbocycles. The van der Waals surface area contributed by atoms with Gasteiger partial charge >= 0.3 is 5.97 Å². The molecule has 0 aliphatic carbocycles. The Morgan fingerprint density at radius 3 is 2.43 bits per heavy atom. The highest BCUT2D eigenvalue weighted by Gasteiger charge is 2.28. The second-order valence-corrected chi connectivity index (χ2v) is 7.28. The number of ether oxygens (including phenoxy) is 1. The molecule has 6 heteroatoms. The van der Waals surface area contributed by atoms with E-state index in [0.29, 0.717) is 12.0 Å². The Hall–Kier alpha value is -1.40. The molecule has 0 aliphatic rings. The summed E-state index contributed by atoms with van der Waals surface area (Å²) in [4.78, 5) is 12.0. The average molecular weight is 313 g/mol. The highest BCUT2D eigenvalue weighted by atomic mass is 32.2. The van der Waals surface area contributed by atoms with Crippen LogP contribution in [0.5, 0.6) is 0 Å². The van der Waals surface area contributed by atoms with Crippen molar-refractivity contribution < 1.29 is 17.9 Å². The zero-order valence-corrected chi connectivity index (χ0v) is 14.0. The predicted octanol–water partition coefficient (Wildman–Crippen LogP) is 2.17. The zero-order chi connectivity index (χ0) is 16.2. The average Bonchev–Trinajstić information content (AvgIpc) is 2.38. The Kier molecular flexibility index (Phi) is 5.92. The van der Waals surface area contributed by atoms with E-state index in [1.165, 1.54) is 7.11 Å². The van der Waals surface area contributed by atoms with E-state index < -0.39 is 22.0 Å². The molecule has 0 aromatic heterocycles. The van der Waals surface area contributed by atoms with Crippen molar-refractivity contribution in [1.29, 1.82) is 0 Å². The lowest BCUT2D eigenvalue weighted by Gasteiger charge is -2.19. The number of carbonyl (C=O) groups excluding carboxylic acids is 1. The first-order valence-corrected chi connectivity index (χ1v) is 8.33. The molecule has 0 radical (unpaired) electrons. The summed E-state index contributed by atoms with van der Waals surface area (Å²) in [6.07, 6.45) is 0.386. The van der Waals surface area contributed by atoms with E-state index in [4.69, 9.17) is 0 Å². The first-order chi connectivity index (χ1) is 9.67. The first-order valence-electron chi connectivity index (χ1n) is 6.84. The molecule has 5 nitrogen and oxygen atoms in total. The fraction of sp³-hybridized carbons (Fsp3) is 0.533. The molecular formula is C15H23NO4S. The number of hydrogen-bond donors (Lipinski definition) is 1. The van der Waals surface area contributed by atoms with Crippen LogP contribution < -0.4 is 4.72 Å². The number of nitrogens with one attached hydrogen (secondary N) is 1. The zero-order valence-electron chi connectivity index (χ0n) is 13.1. The fourth-order valence-electron chi connectivity index (χ4n) is 2.05. The quantitative estimate of drug-likeness (QED) is 0.817. The van der Waals surface area contributed by atoms with Gasteiger partial charge in [-0.2, -0.15) is 4.72 Å². The van der Waals surface area contributed by atoms with Crippen molar-refractivity contribution in [3.8, 4) is 0 Å². The van der Waals surface area contributed by atoms with Crippen molar-refractivity contribution in [3.63, 3.8) is 0 Å². The van der Waals surface area contributed by atoms with Gasteiger partial charge in [0.2, 0.25) is 10.0 Å². The second-order valence-electron chi connectivity index (χ2n) is 5.60. The van der Waals surface area contributed by atoms with E-state index >= 15 is 0 Å². The van der Waals surface area contributed by atoms with E-state index in [1.54, 1.807) is 19.1 Å². The fourth-order valence-corrected chi connectivity index (χ4v) is 3.58. The summed E-state index contributed by atoms with van der Waals surface area (Å²) < 4.78 is 32.1. The first kappa shape index (κ1) is 17.7. The van der Waals surface area contributed by atoms with Crippen LogP contribution in [0.3, 0.4) is 0 Å². The molecular weight excluding hydrogens is 290 g/mol. The molecule has 0 amide bonds. The van der Waals surface area contributed by atoms with Crippen LogP contribution in [0.2, 0.25) is 0 Å². The largest absolute Gasteiger partial charge is 0.468 e. The monoisotopic (exact) mass is 313 g/mol. The van der Waals surface area contributed by atoms with Crippen LogP contribution in [0.1, 0.15) is 31.4 Å². The van der Waals surface area contributed by atoms with Crippen molar-refractivity contribution in [2.24, 2.45) is 5.92 Å². The summed E-state index contributed by atoms with van der Waals surface area (Å²) >= 11 is 0. The van der Waals surface area contributed by atoms with E-state index in [-0.39, 0.29) is 10.8 Å². The molecule has 21 heavy (non-hydrogen) atoms. The highest BCUT2D eigenvalue weighted by molar-refractivity contribution is 7.89. The number of aryl methyl sites for hydroxylation is 2. The molecule has 0 fully saturated rings. The van der Waals surface area contributed by atoms with Crippen molar-refractivity contribution in [2.45, 2.75) is 45.1 Å². The molecule has 0 heterocycles. The number of esters is 1. The minimum absolute atomic E-state index is 0.162. The SMILES string of the molecule is COC(=O)[C@H](CC(C)C)NS(=O)(=O)c1cc(C)ccc1C. The maximum Gasteiger partial charge on any atom is 0.323 e. The van der Waals surface area contributed by atoms with Crippen LogP contribution in [0.15, 0.2) is 23.1 Å². The van der Waals surface area contributed by atoms with Gasteiger partial charge in [-0.25, -0.2) is 8.42 Å². The molecule has 0 unspecified atom stereocenters. The summed E-state index contributed by atoms with van der Waals surface area (Å²) in [5.74, 6) is -0.409. The normalized spacial score (nSPS) is 13.2. The third-order valence-electron chi connectivity index (χ3n) is 3.12. The number of rotatable bonds is 6. The van der Waals surface area contributed by atoms with Gasteiger partial charge in [0.1, 0.15) is 6.04 Å². The van der Waals surface area contributed by atoms with E-state index in [0.717, 1.165) is 5.56 Å². The minimum atomic E-state index is -3.76. The lowest BCUT2D eigenvalue weighted by atomic mass is 10.1. The Bertz CT molecular complexity index is 608. The van der Waals surface area contributed by atoms with Gasteiger partial charge in [-0.15, -0.1) is 0 Å². The Morgan fingerprint density at radius 1 is 1.29 bits per heavy atom. The maximum absolute atomic E-state index is 12.5. The van der Waals surface area contributed by atoms with Gasteiger partial charge in [0.05, 0.1) is 12.0 Å². The van der Waals surface area contributed by atoms with Crippen LogP contribution in [0, 0.1) is 19.8 Å². The smallest absolute Gasteiger partial charge is 0.323 e. The van der Waals surface area contributed by atoms with Gasteiger partial charge in [-0.3, -0.25) is 4.79 Å². The van der Waals surface area contributed by atoms with Gasteiger partial charge < -0.3 is 4.74 Å². The summed E-state index contributed by atoms with van der Waals surface area (Å²) in [6, 6.07) is 4.32.